The van der Waals surface area contributed by atoms with Crippen LogP contribution in [-0.4, -0.2) is 8.42 Å². The van der Waals surface area contributed by atoms with Crippen LogP contribution in [0.15, 0.2) is 28.0 Å². The molecule has 3 heteroatoms. The average molecular weight is 236 g/mol. The SMILES string of the molecule is CC1=Cc2ccc(C(C)(C)C)cc2S1(=O)=O. The summed E-state index contributed by atoms with van der Waals surface area (Å²) in [4.78, 5) is 0.894. The molecule has 0 aromatic heterocycles. The van der Waals surface area contributed by atoms with Crippen LogP contribution < -0.4 is 0 Å². The van der Waals surface area contributed by atoms with Crippen molar-refractivity contribution in [2.45, 2.75) is 38.0 Å². The maximum absolute atomic E-state index is 12.0. The Labute approximate surface area is 96.9 Å². The van der Waals surface area contributed by atoms with E-state index >= 15 is 0 Å². The summed E-state index contributed by atoms with van der Waals surface area (Å²) in [7, 11) is -3.21. The summed E-state index contributed by atoms with van der Waals surface area (Å²) in [5.74, 6) is 0. The molecule has 1 heterocycles. The Morgan fingerprint density at radius 2 is 1.75 bits per heavy atom. The van der Waals surface area contributed by atoms with Gasteiger partial charge in [0.25, 0.3) is 0 Å². The molecule has 16 heavy (non-hydrogen) atoms. The first-order valence-corrected chi connectivity index (χ1v) is 6.79. The molecule has 0 aliphatic carbocycles. The Morgan fingerprint density at radius 1 is 1.12 bits per heavy atom. The van der Waals surface area contributed by atoms with E-state index in [2.05, 4.69) is 20.8 Å². The fraction of sp³-hybridized carbons (Fsp3) is 0.385. The van der Waals surface area contributed by atoms with Crippen molar-refractivity contribution in [3.63, 3.8) is 0 Å². The highest BCUT2D eigenvalue weighted by molar-refractivity contribution is 7.95. The fourth-order valence-corrected chi connectivity index (χ4v) is 3.17. The first kappa shape index (κ1) is 11.4. The summed E-state index contributed by atoms with van der Waals surface area (Å²) < 4.78 is 24.0. The molecule has 1 aliphatic rings. The molecule has 2 nitrogen and oxygen atoms in total. The largest absolute Gasteiger partial charge is 0.219 e. The zero-order valence-electron chi connectivity index (χ0n) is 10.0. The highest BCUT2D eigenvalue weighted by atomic mass is 32.2. The summed E-state index contributed by atoms with van der Waals surface area (Å²) in [6.07, 6.45) is 1.73. The third-order valence-electron chi connectivity index (χ3n) is 2.95. The maximum Gasteiger partial charge on any atom is 0.203 e. The van der Waals surface area contributed by atoms with Gasteiger partial charge in [-0.2, -0.15) is 0 Å². The van der Waals surface area contributed by atoms with Gasteiger partial charge in [0.15, 0.2) is 0 Å². The van der Waals surface area contributed by atoms with E-state index in [4.69, 9.17) is 0 Å². The van der Waals surface area contributed by atoms with E-state index in [1.807, 2.05) is 12.1 Å². The molecule has 0 saturated heterocycles. The summed E-state index contributed by atoms with van der Waals surface area (Å²) in [6, 6.07) is 5.70. The lowest BCUT2D eigenvalue weighted by molar-refractivity contribution is 0.585. The molecule has 0 spiro atoms. The molecule has 0 unspecified atom stereocenters. The van der Waals surface area contributed by atoms with Gasteiger partial charge in [-0.05, 0) is 35.6 Å². The average Bonchev–Trinajstić information content (AvgIpc) is 2.37. The van der Waals surface area contributed by atoms with Crippen LogP contribution in [0.2, 0.25) is 0 Å². The number of sulfone groups is 1. The predicted octanol–water partition coefficient (Wildman–Crippen LogP) is 3.13. The van der Waals surface area contributed by atoms with Crippen LogP contribution in [-0.2, 0) is 15.3 Å². The van der Waals surface area contributed by atoms with Crippen molar-refractivity contribution < 1.29 is 8.42 Å². The molecular weight excluding hydrogens is 220 g/mol. The number of rotatable bonds is 0. The Bertz CT molecular complexity index is 572. The minimum atomic E-state index is -3.21. The smallest absolute Gasteiger partial charge is 0.203 e. The van der Waals surface area contributed by atoms with Gasteiger partial charge in [0.05, 0.1) is 4.90 Å². The summed E-state index contributed by atoms with van der Waals surface area (Å²) in [5, 5.41) is 0. The monoisotopic (exact) mass is 236 g/mol. The zero-order chi connectivity index (χ0) is 12.1. The van der Waals surface area contributed by atoms with Gasteiger partial charge in [0.2, 0.25) is 9.84 Å². The lowest BCUT2D eigenvalue weighted by Crippen LogP contribution is -2.12. The number of hydrogen-bond donors (Lipinski definition) is 0. The van der Waals surface area contributed by atoms with Gasteiger partial charge >= 0.3 is 0 Å². The molecule has 0 N–H and O–H groups in total. The molecular formula is C13H16O2S. The zero-order valence-corrected chi connectivity index (χ0v) is 10.9. The molecule has 1 aromatic carbocycles. The van der Waals surface area contributed by atoms with Crippen molar-refractivity contribution >= 4 is 15.9 Å². The number of allylic oxidation sites excluding steroid dienone is 1. The minimum Gasteiger partial charge on any atom is -0.219 e. The molecule has 1 aliphatic heterocycles. The fourth-order valence-electron chi connectivity index (χ4n) is 1.82. The highest BCUT2D eigenvalue weighted by Crippen LogP contribution is 2.35. The van der Waals surface area contributed by atoms with Crippen LogP contribution in [0.3, 0.4) is 0 Å². The van der Waals surface area contributed by atoms with Gasteiger partial charge < -0.3 is 0 Å². The predicted molar refractivity (Wildman–Crippen MR) is 66.0 cm³/mol. The van der Waals surface area contributed by atoms with E-state index in [1.54, 1.807) is 19.1 Å². The Morgan fingerprint density at radius 3 is 2.31 bits per heavy atom. The van der Waals surface area contributed by atoms with E-state index in [1.165, 1.54) is 0 Å². The molecule has 0 radical (unpaired) electrons. The van der Waals surface area contributed by atoms with Crippen LogP contribution in [0.4, 0.5) is 0 Å². The van der Waals surface area contributed by atoms with Crippen molar-refractivity contribution in [2.75, 3.05) is 0 Å². The normalized spacial score (nSPS) is 18.1. The van der Waals surface area contributed by atoms with Gasteiger partial charge in [0.1, 0.15) is 0 Å². The van der Waals surface area contributed by atoms with Crippen molar-refractivity contribution in [1.29, 1.82) is 0 Å². The van der Waals surface area contributed by atoms with Gasteiger partial charge in [0, 0.05) is 4.91 Å². The molecule has 2 rings (SSSR count). The van der Waals surface area contributed by atoms with E-state index in [-0.39, 0.29) is 5.41 Å². The number of benzene rings is 1. The summed E-state index contributed by atoms with van der Waals surface area (Å²) in [5.41, 5.74) is 1.84. The first-order chi connectivity index (χ1) is 7.23. The third-order valence-corrected chi connectivity index (χ3v) is 4.85. The lowest BCUT2D eigenvalue weighted by atomic mass is 9.86. The number of fused-ring (bicyclic) bond motifs is 1. The molecule has 0 atom stereocenters. The topological polar surface area (TPSA) is 34.1 Å². The van der Waals surface area contributed by atoms with E-state index in [9.17, 15) is 8.42 Å². The second-order valence-electron chi connectivity index (χ2n) is 5.26. The van der Waals surface area contributed by atoms with Gasteiger partial charge in [-0.15, -0.1) is 0 Å². The molecule has 0 amide bonds. The standard InChI is InChI=1S/C13H16O2S/c1-9-7-10-5-6-11(13(2,3)4)8-12(10)16(9,14)15/h5-8H,1-4H3. The second-order valence-corrected chi connectivity index (χ2v) is 7.35. The number of hydrogen-bond acceptors (Lipinski definition) is 2. The van der Waals surface area contributed by atoms with Crippen LogP contribution in [0, 0.1) is 0 Å². The lowest BCUT2D eigenvalue weighted by Gasteiger charge is -2.19. The van der Waals surface area contributed by atoms with Crippen molar-refractivity contribution in [3.8, 4) is 0 Å². The molecule has 0 saturated carbocycles. The highest BCUT2D eigenvalue weighted by Gasteiger charge is 2.28. The summed E-state index contributed by atoms with van der Waals surface area (Å²) in [6.45, 7) is 7.88. The molecule has 1 aromatic rings. The Hall–Kier alpha value is -1.09. The maximum atomic E-state index is 12.0. The van der Waals surface area contributed by atoms with Crippen molar-refractivity contribution in [1.82, 2.24) is 0 Å². The van der Waals surface area contributed by atoms with Gasteiger partial charge in [-0.25, -0.2) is 8.42 Å². The van der Waals surface area contributed by atoms with Crippen LogP contribution >= 0.6 is 0 Å². The first-order valence-electron chi connectivity index (χ1n) is 5.31. The van der Waals surface area contributed by atoms with E-state index in [0.29, 0.717) is 9.80 Å². The molecule has 86 valence electrons. The van der Waals surface area contributed by atoms with Crippen molar-refractivity contribution in [2.24, 2.45) is 0 Å². The molecule has 0 bridgehead atoms. The quantitative estimate of drug-likeness (QED) is 0.693. The van der Waals surface area contributed by atoms with Crippen LogP contribution in [0.5, 0.6) is 0 Å². The third kappa shape index (κ3) is 1.59. The van der Waals surface area contributed by atoms with Gasteiger partial charge in [-0.3, -0.25) is 0 Å². The van der Waals surface area contributed by atoms with Crippen LogP contribution in [0.1, 0.15) is 38.8 Å². The summed E-state index contributed by atoms with van der Waals surface area (Å²) >= 11 is 0. The van der Waals surface area contributed by atoms with E-state index < -0.39 is 9.84 Å². The van der Waals surface area contributed by atoms with Gasteiger partial charge in [-0.1, -0.05) is 32.9 Å². The Balaban J connectivity index is 2.67. The van der Waals surface area contributed by atoms with Crippen molar-refractivity contribution in [3.05, 3.63) is 34.2 Å². The minimum absolute atomic E-state index is 0.0267. The van der Waals surface area contributed by atoms with E-state index in [0.717, 1.165) is 11.1 Å². The van der Waals surface area contributed by atoms with Crippen LogP contribution in [0.25, 0.3) is 6.08 Å². The molecule has 0 fully saturated rings. The Kier molecular flexibility index (Phi) is 2.28. The second kappa shape index (κ2) is 3.20.